The number of rotatable bonds is 10. The molecule has 1 heterocycles. The number of amides is 2. The van der Waals surface area contributed by atoms with Gasteiger partial charge in [-0.3, -0.25) is 14.5 Å². The van der Waals surface area contributed by atoms with E-state index in [-0.39, 0.29) is 31.1 Å². The predicted octanol–water partition coefficient (Wildman–Crippen LogP) is 5.58. The summed E-state index contributed by atoms with van der Waals surface area (Å²) in [7, 11) is 1.59. The zero-order chi connectivity index (χ0) is 30.7. The molecule has 2 fully saturated rings. The molecule has 1 saturated heterocycles. The summed E-state index contributed by atoms with van der Waals surface area (Å²) in [5.74, 6) is -1.83. The van der Waals surface area contributed by atoms with E-state index < -0.39 is 23.9 Å². The highest BCUT2D eigenvalue weighted by Gasteiger charge is 2.56. The van der Waals surface area contributed by atoms with Gasteiger partial charge in [-0.25, -0.2) is 0 Å². The Bertz CT molecular complexity index is 1370. The van der Waals surface area contributed by atoms with Gasteiger partial charge >= 0.3 is 0 Å². The number of phenolic OH excluding ortho intramolecular Hbond substituents is 1. The molecule has 2 aromatic carbocycles. The van der Waals surface area contributed by atoms with Crippen molar-refractivity contribution in [1.82, 2.24) is 4.90 Å². The summed E-state index contributed by atoms with van der Waals surface area (Å²) in [4.78, 5) is 29.0. The minimum atomic E-state index is -0.912. The number of hydrogen-bond donors (Lipinski definition) is 3. The molecule has 1 aliphatic heterocycles. The Kier molecular flexibility index (Phi) is 9.85. The molecule has 7 heteroatoms. The maximum Gasteiger partial charge on any atom is 0.234 e. The second-order valence-corrected chi connectivity index (χ2v) is 12.5. The summed E-state index contributed by atoms with van der Waals surface area (Å²) >= 11 is 0. The van der Waals surface area contributed by atoms with Crippen molar-refractivity contribution in [2.75, 3.05) is 20.3 Å². The lowest BCUT2D eigenvalue weighted by Crippen LogP contribution is -2.42. The lowest BCUT2D eigenvalue weighted by molar-refractivity contribution is -0.143. The first-order valence-corrected chi connectivity index (χ1v) is 15.7. The van der Waals surface area contributed by atoms with Crippen LogP contribution in [0.2, 0.25) is 0 Å². The Morgan fingerprint density at radius 1 is 1.05 bits per heavy atom. The topological polar surface area (TPSA) is 107 Å². The summed E-state index contributed by atoms with van der Waals surface area (Å²) in [6.07, 6.45) is 7.28. The predicted molar refractivity (Wildman–Crippen MR) is 167 cm³/mol. The number of aryl methyl sites for hydroxylation is 2. The van der Waals surface area contributed by atoms with Crippen LogP contribution in [0.1, 0.15) is 73.6 Å². The van der Waals surface area contributed by atoms with Crippen LogP contribution in [0.25, 0.3) is 11.6 Å². The van der Waals surface area contributed by atoms with Crippen molar-refractivity contribution in [3.05, 3.63) is 75.9 Å². The van der Waals surface area contributed by atoms with Gasteiger partial charge in [0.15, 0.2) is 0 Å². The molecule has 7 nitrogen and oxygen atoms in total. The molecule has 3 aliphatic rings. The fraction of sp³-hybridized carbons (Fsp3) is 0.500. The van der Waals surface area contributed by atoms with Gasteiger partial charge in [0, 0.05) is 19.1 Å². The summed E-state index contributed by atoms with van der Waals surface area (Å²) in [6, 6.07) is 13.8. The monoisotopic (exact) mass is 587 g/mol. The second kappa shape index (κ2) is 13.6. The number of aliphatic hydroxyl groups is 2. The molecule has 2 amide bonds. The van der Waals surface area contributed by atoms with Crippen LogP contribution in [0.4, 0.5) is 0 Å². The van der Waals surface area contributed by atoms with Crippen molar-refractivity contribution in [2.24, 2.45) is 17.8 Å². The van der Waals surface area contributed by atoms with Crippen molar-refractivity contribution < 1.29 is 29.6 Å². The van der Waals surface area contributed by atoms with E-state index in [1.54, 1.807) is 7.11 Å². The summed E-state index contributed by atoms with van der Waals surface area (Å²) in [5, 5.41) is 32.7. The van der Waals surface area contributed by atoms with Gasteiger partial charge in [-0.1, -0.05) is 55.7 Å². The molecule has 5 rings (SSSR count). The first kappa shape index (κ1) is 31.2. The zero-order valence-electron chi connectivity index (χ0n) is 25.6. The number of carbonyl (C=O) groups excluding carboxylic acids is 2. The highest BCUT2D eigenvalue weighted by molar-refractivity contribution is 6.06. The third kappa shape index (κ3) is 6.35. The Labute approximate surface area is 254 Å². The highest BCUT2D eigenvalue weighted by atomic mass is 16.5. The average Bonchev–Trinajstić information content (AvgIpc) is 3.26. The van der Waals surface area contributed by atoms with E-state index >= 15 is 0 Å². The van der Waals surface area contributed by atoms with Crippen LogP contribution in [0.15, 0.2) is 53.6 Å². The van der Waals surface area contributed by atoms with Crippen LogP contribution in [0.5, 0.6) is 5.75 Å². The third-order valence-corrected chi connectivity index (χ3v) is 9.72. The number of benzene rings is 2. The van der Waals surface area contributed by atoms with Gasteiger partial charge < -0.3 is 20.1 Å². The molecule has 2 aromatic rings. The number of ether oxygens (including phenoxy) is 1. The molecule has 43 heavy (non-hydrogen) atoms. The number of phenols is 1. The van der Waals surface area contributed by atoms with Crippen LogP contribution in [-0.2, 0) is 14.3 Å². The first-order chi connectivity index (χ1) is 20.7. The first-order valence-electron chi connectivity index (χ1n) is 15.7. The SMILES string of the molecule is COCC1=C([C@H](O)CC/C(=C/c2cc(C)c(O)c(C)c2)c2ccccc2)[C@H](CO)[C@@H]2C(=O)N(C3CCCCC3)C(=O)[C@@H]2C1. The average molecular weight is 588 g/mol. The molecule has 4 atom stereocenters. The molecule has 0 aromatic heterocycles. The van der Waals surface area contributed by atoms with Crippen molar-refractivity contribution in [3.8, 4) is 5.75 Å². The quantitative estimate of drug-likeness (QED) is 0.190. The van der Waals surface area contributed by atoms with E-state index in [9.17, 15) is 24.9 Å². The van der Waals surface area contributed by atoms with Gasteiger partial charge in [-0.15, -0.1) is 0 Å². The number of fused-ring (bicyclic) bond motifs is 1. The van der Waals surface area contributed by atoms with Crippen LogP contribution < -0.4 is 0 Å². The minimum Gasteiger partial charge on any atom is -0.507 e. The molecule has 3 N–H and O–H groups in total. The van der Waals surface area contributed by atoms with Gasteiger partial charge in [0.2, 0.25) is 11.8 Å². The number of carbonyl (C=O) groups is 2. The third-order valence-electron chi connectivity index (χ3n) is 9.72. The van der Waals surface area contributed by atoms with Crippen molar-refractivity contribution >= 4 is 23.5 Å². The van der Waals surface area contributed by atoms with Crippen LogP contribution in [0.3, 0.4) is 0 Å². The Hall–Kier alpha value is -3.26. The molecule has 2 aliphatic carbocycles. The molecule has 0 bridgehead atoms. The van der Waals surface area contributed by atoms with Crippen LogP contribution in [0, 0.1) is 31.6 Å². The van der Waals surface area contributed by atoms with Gasteiger partial charge in [-0.05, 0) is 97.1 Å². The largest absolute Gasteiger partial charge is 0.507 e. The zero-order valence-corrected chi connectivity index (χ0v) is 25.6. The van der Waals surface area contributed by atoms with E-state index in [0.717, 1.165) is 65.5 Å². The van der Waals surface area contributed by atoms with Gasteiger partial charge in [-0.2, -0.15) is 0 Å². The number of aromatic hydroxyl groups is 1. The van der Waals surface area contributed by atoms with E-state index in [2.05, 4.69) is 6.08 Å². The van der Waals surface area contributed by atoms with Crippen molar-refractivity contribution in [2.45, 2.75) is 77.4 Å². The highest BCUT2D eigenvalue weighted by Crippen LogP contribution is 2.47. The van der Waals surface area contributed by atoms with E-state index in [4.69, 9.17) is 4.74 Å². The molecular formula is C36H45NO6. The van der Waals surface area contributed by atoms with Gasteiger partial charge in [0.05, 0.1) is 31.2 Å². The van der Waals surface area contributed by atoms with E-state index in [1.165, 1.54) is 4.90 Å². The smallest absolute Gasteiger partial charge is 0.234 e. The fourth-order valence-corrected chi connectivity index (χ4v) is 7.66. The fourth-order valence-electron chi connectivity index (χ4n) is 7.66. The number of nitrogens with zero attached hydrogens (tertiary/aromatic N) is 1. The number of hydrogen-bond acceptors (Lipinski definition) is 6. The molecule has 0 unspecified atom stereocenters. The molecule has 0 radical (unpaired) electrons. The summed E-state index contributed by atoms with van der Waals surface area (Å²) in [5.41, 5.74) is 6.10. The second-order valence-electron chi connectivity index (χ2n) is 12.5. The molecular weight excluding hydrogens is 542 g/mol. The Morgan fingerprint density at radius 3 is 2.35 bits per heavy atom. The standard InChI is InChI=1S/C36H45NO6/c1-22-16-24(17-23(2)34(22)40)18-26(25-10-6-4-7-11-25)14-15-31(39)32-27(21-43-3)19-29-33(30(32)20-38)36(42)37(35(29)41)28-12-8-5-9-13-28/h4,6-7,10-11,16-18,28-31,33,38-40H,5,8-9,12-15,19-21H2,1-3H3/b26-18-/t29-,30+,31-,33-/m1/s1. The number of allylic oxidation sites excluding steroid dienone is 1. The van der Waals surface area contributed by atoms with Crippen LogP contribution >= 0.6 is 0 Å². The molecule has 230 valence electrons. The number of methoxy groups -OCH3 is 1. The van der Waals surface area contributed by atoms with Gasteiger partial charge in [0.1, 0.15) is 5.75 Å². The van der Waals surface area contributed by atoms with Crippen molar-refractivity contribution in [1.29, 1.82) is 0 Å². The van der Waals surface area contributed by atoms with E-state index in [0.29, 0.717) is 30.6 Å². The maximum atomic E-state index is 13.8. The Morgan fingerprint density at radius 2 is 1.72 bits per heavy atom. The molecule has 1 saturated carbocycles. The van der Waals surface area contributed by atoms with Crippen molar-refractivity contribution in [3.63, 3.8) is 0 Å². The minimum absolute atomic E-state index is 0.0660. The van der Waals surface area contributed by atoms with E-state index in [1.807, 2.05) is 56.3 Å². The number of imide groups is 1. The van der Waals surface area contributed by atoms with Gasteiger partial charge in [0.25, 0.3) is 0 Å². The maximum absolute atomic E-state index is 13.8. The lowest BCUT2D eigenvalue weighted by atomic mass is 9.68. The summed E-state index contributed by atoms with van der Waals surface area (Å²) < 4.78 is 5.52. The Balaban J connectivity index is 1.43. The lowest BCUT2D eigenvalue weighted by Gasteiger charge is -2.36. The number of aliphatic hydroxyl groups excluding tert-OH is 2. The normalized spacial score (nSPS) is 24.1. The van der Waals surface area contributed by atoms with Crippen LogP contribution in [-0.4, -0.2) is 64.5 Å². The summed E-state index contributed by atoms with van der Waals surface area (Å²) in [6.45, 7) is 3.69. The number of likely N-dealkylation sites (tertiary alicyclic amines) is 1. The molecule has 0 spiro atoms.